The standard InChI is InChI=1S/C11H20N4O/c1-7(2)10-14-8(5-9(16)15-10)13-6-11(3,4)12/h5,7H,6,12H2,1-4H3,(H2,13,14,15,16). The van der Waals surface area contributed by atoms with E-state index in [1.54, 1.807) is 0 Å². The van der Waals surface area contributed by atoms with Gasteiger partial charge in [0.15, 0.2) is 0 Å². The molecular formula is C11H20N4O. The molecule has 0 saturated heterocycles. The van der Waals surface area contributed by atoms with E-state index in [-0.39, 0.29) is 17.0 Å². The zero-order chi connectivity index (χ0) is 12.3. The highest BCUT2D eigenvalue weighted by Crippen LogP contribution is 2.09. The molecule has 0 aliphatic carbocycles. The number of nitrogens with zero attached hydrogens (tertiary/aromatic N) is 1. The number of rotatable bonds is 4. The Bertz CT molecular complexity index is 403. The van der Waals surface area contributed by atoms with E-state index in [1.807, 2.05) is 27.7 Å². The summed E-state index contributed by atoms with van der Waals surface area (Å²) in [5.74, 6) is 1.45. The lowest BCUT2D eigenvalue weighted by Crippen LogP contribution is -2.40. The van der Waals surface area contributed by atoms with Gasteiger partial charge in [-0.05, 0) is 13.8 Å². The maximum atomic E-state index is 11.4. The fourth-order valence-electron chi connectivity index (χ4n) is 1.16. The van der Waals surface area contributed by atoms with E-state index in [0.29, 0.717) is 18.2 Å². The van der Waals surface area contributed by atoms with Gasteiger partial charge in [0.25, 0.3) is 5.56 Å². The number of aromatic amines is 1. The topological polar surface area (TPSA) is 83.8 Å². The van der Waals surface area contributed by atoms with Crippen molar-refractivity contribution in [1.82, 2.24) is 9.97 Å². The van der Waals surface area contributed by atoms with Gasteiger partial charge in [-0.1, -0.05) is 13.8 Å². The summed E-state index contributed by atoms with van der Waals surface area (Å²) in [6, 6.07) is 1.44. The number of anilines is 1. The number of nitrogens with one attached hydrogen (secondary N) is 2. The SMILES string of the molecule is CC(C)c1nc(NCC(C)(C)N)cc(=O)[nH]1. The third kappa shape index (κ3) is 4.02. The molecule has 0 unspecified atom stereocenters. The molecule has 1 rings (SSSR count). The minimum atomic E-state index is -0.331. The Labute approximate surface area is 95.5 Å². The zero-order valence-electron chi connectivity index (χ0n) is 10.3. The summed E-state index contributed by atoms with van der Waals surface area (Å²) in [7, 11) is 0. The Morgan fingerprint density at radius 3 is 2.69 bits per heavy atom. The maximum absolute atomic E-state index is 11.4. The van der Waals surface area contributed by atoms with Crippen molar-refractivity contribution in [2.75, 3.05) is 11.9 Å². The predicted molar refractivity (Wildman–Crippen MR) is 65.7 cm³/mol. The van der Waals surface area contributed by atoms with Crippen LogP contribution in [0.15, 0.2) is 10.9 Å². The highest BCUT2D eigenvalue weighted by molar-refractivity contribution is 5.33. The minimum absolute atomic E-state index is 0.143. The van der Waals surface area contributed by atoms with E-state index in [2.05, 4.69) is 15.3 Å². The second-order valence-electron chi connectivity index (χ2n) is 5.01. The summed E-state index contributed by atoms with van der Waals surface area (Å²) < 4.78 is 0. The largest absolute Gasteiger partial charge is 0.368 e. The average Bonchev–Trinajstić information content (AvgIpc) is 2.13. The van der Waals surface area contributed by atoms with Crippen LogP contribution in [0, 0.1) is 0 Å². The molecule has 4 N–H and O–H groups in total. The van der Waals surface area contributed by atoms with E-state index in [4.69, 9.17) is 5.73 Å². The fourth-order valence-corrected chi connectivity index (χ4v) is 1.16. The van der Waals surface area contributed by atoms with Crippen molar-refractivity contribution in [3.63, 3.8) is 0 Å². The Morgan fingerprint density at radius 1 is 1.56 bits per heavy atom. The molecule has 0 aliphatic heterocycles. The van der Waals surface area contributed by atoms with Gasteiger partial charge in [-0.25, -0.2) is 4.98 Å². The summed E-state index contributed by atoms with van der Waals surface area (Å²) in [5.41, 5.74) is 5.37. The van der Waals surface area contributed by atoms with Gasteiger partial charge in [0.2, 0.25) is 0 Å². The molecule has 1 heterocycles. The van der Waals surface area contributed by atoms with Crippen molar-refractivity contribution in [3.8, 4) is 0 Å². The molecule has 0 saturated carbocycles. The van der Waals surface area contributed by atoms with Crippen LogP contribution in [0.4, 0.5) is 5.82 Å². The molecule has 1 aromatic rings. The summed E-state index contributed by atoms with van der Waals surface area (Å²) in [6.07, 6.45) is 0. The van der Waals surface area contributed by atoms with Crippen LogP contribution >= 0.6 is 0 Å². The lowest BCUT2D eigenvalue weighted by atomic mass is 10.1. The molecule has 0 spiro atoms. The third-order valence-corrected chi connectivity index (χ3v) is 2.03. The van der Waals surface area contributed by atoms with Crippen LogP contribution in [0.2, 0.25) is 0 Å². The first-order valence-corrected chi connectivity index (χ1v) is 5.42. The molecule has 16 heavy (non-hydrogen) atoms. The maximum Gasteiger partial charge on any atom is 0.252 e. The smallest absolute Gasteiger partial charge is 0.252 e. The normalized spacial score (nSPS) is 11.9. The molecule has 0 amide bonds. The number of hydrogen-bond acceptors (Lipinski definition) is 4. The van der Waals surface area contributed by atoms with Crippen molar-refractivity contribution >= 4 is 5.82 Å². The molecule has 1 aromatic heterocycles. The Kier molecular flexibility index (Phi) is 3.70. The van der Waals surface area contributed by atoms with Gasteiger partial charge in [-0.3, -0.25) is 4.79 Å². The van der Waals surface area contributed by atoms with Crippen LogP contribution < -0.4 is 16.6 Å². The highest BCUT2D eigenvalue weighted by Gasteiger charge is 2.11. The molecule has 5 heteroatoms. The van der Waals surface area contributed by atoms with E-state index < -0.39 is 0 Å². The first kappa shape index (κ1) is 12.7. The predicted octanol–water partition coefficient (Wildman–Crippen LogP) is 1.04. The lowest BCUT2D eigenvalue weighted by Gasteiger charge is -2.19. The second kappa shape index (κ2) is 4.65. The fraction of sp³-hybridized carbons (Fsp3) is 0.636. The number of aromatic nitrogens is 2. The molecule has 5 nitrogen and oxygen atoms in total. The molecule has 0 aliphatic rings. The Morgan fingerprint density at radius 2 is 2.19 bits per heavy atom. The van der Waals surface area contributed by atoms with Crippen LogP contribution in [0.25, 0.3) is 0 Å². The summed E-state index contributed by atoms with van der Waals surface area (Å²) in [4.78, 5) is 18.4. The van der Waals surface area contributed by atoms with Crippen molar-refractivity contribution < 1.29 is 0 Å². The van der Waals surface area contributed by atoms with Crippen molar-refractivity contribution in [3.05, 3.63) is 22.2 Å². The molecule has 0 radical (unpaired) electrons. The van der Waals surface area contributed by atoms with Gasteiger partial charge < -0.3 is 16.0 Å². The number of nitrogens with two attached hydrogens (primary N) is 1. The van der Waals surface area contributed by atoms with Crippen LogP contribution in [0.1, 0.15) is 39.4 Å². The molecular weight excluding hydrogens is 204 g/mol. The Balaban J connectivity index is 2.85. The molecule has 90 valence electrons. The molecule has 0 fully saturated rings. The summed E-state index contributed by atoms with van der Waals surface area (Å²) >= 11 is 0. The lowest BCUT2D eigenvalue weighted by molar-refractivity contribution is 0.548. The number of hydrogen-bond donors (Lipinski definition) is 3. The van der Waals surface area contributed by atoms with Crippen LogP contribution in [0.3, 0.4) is 0 Å². The van der Waals surface area contributed by atoms with E-state index in [9.17, 15) is 4.79 Å². The highest BCUT2D eigenvalue weighted by atomic mass is 16.1. The van der Waals surface area contributed by atoms with Gasteiger partial charge in [-0.2, -0.15) is 0 Å². The summed E-state index contributed by atoms with van der Waals surface area (Å²) in [5, 5.41) is 3.06. The van der Waals surface area contributed by atoms with Crippen molar-refractivity contribution in [1.29, 1.82) is 0 Å². The van der Waals surface area contributed by atoms with Crippen LogP contribution in [-0.2, 0) is 0 Å². The number of H-pyrrole nitrogens is 1. The monoisotopic (exact) mass is 224 g/mol. The first-order valence-electron chi connectivity index (χ1n) is 5.42. The van der Waals surface area contributed by atoms with Crippen LogP contribution in [-0.4, -0.2) is 22.1 Å². The average molecular weight is 224 g/mol. The van der Waals surface area contributed by atoms with E-state index >= 15 is 0 Å². The van der Waals surface area contributed by atoms with Gasteiger partial charge in [0.05, 0.1) is 0 Å². The third-order valence-electron chi connectivity index (χ3n) is 2.03. The molecule has 0 aromatic carbocycles. The van der Waals surface area contributed by atoms with Gasteiger partial charge in [0, 0.05) is 24.1 Å². The van der Waals surface area contributed by atoms with E-state index in [1.165, 1.54) is 6.07 Å². The van der Waals surface area contributed by atoms with Crippen molar-refractivity contribution in [2.45, 2.75) is 39.2 Å². The first-order chi connectivity index (χ1) is 7.28. The van der Waals surface area contributed by atoms with E-state index in [0.717, 1.165) is 0 Å². The minimum Gasteiger partial charge on any atom is -0.368 e. The van der Waals surface area contributed by atoms with Gasteiger partial charge in [-0.15, -0.1) is 0 Å². The second-order valence-corrected chi connectivity index (χ2v) is 5.01. The van der Waals surface area contributed by atoms with Gasteiger partial charge >= 0.3 is 0 Å². The zero-order valence-corrected chi connectivity index (χ0v) is 10.3. The van der Waals surface area contributed by atoms with Gasteiger partial charge in [0.1, 0.15) is 11.6 Å². The quantitative estimate of drug-likeness (QED) is 0.713. The molecule has 0 atom stereocenters. The van der Waals surface area contributed by atoms with Crippen molar-refractivity contribution in [2.24, 2.45) is 5.73 Å². The summed E-state index contributed by atoms with van der Waals surface area (Å²) in [6.45, 7) is 8.36. The molecule has 0 bridgehead atoms. The Hall–Kier alpha value is -1.36. The van der Waals surface area contributed by atoms with Crippen LogP contribution in [0.5, 0.6) is 0 Å².